The second kappa shape index (κ2) is 8.45. The first kappa shape index (κ1) is 21.0. The average molecular weight is 423 g/mol. The van der Waals surface area contributed by atoms with Gasteiger partial charge in [-0.1, -0.05) is 12.1 Å². The molecule has 4 rings (SSSR count). The molecule has 8 heteroatoms. The van der Waals surface area contributed by atoms with E-state index in [0.29, 0.717) is 6.42 Å². The van der Waals surface area contributed by atoms with Crippen molar-refractivity contribution in [3.8, 4) is 0 Å². The molecule has 0 N–H and O–H groups in total. The zero-order chi connectivity index (χ0) is 22.1. The summed E-state index contributed by atoms with van der Waals surface area (Å²) < 4.78 is 14.9. The van der Waals surface area contributed by atoms with Gasteiger partial charge in [0.25, 0.3) is 0 Å². The van der Waals surface area contributed by atoms with Crippen molar-refractivity contribution >= 4 is 17.4 Å². The van der Waals surface area contributed by atoms with Crippen molar-refractivity contribution in [3.63, 3.8) is 0 Å². The van der Waals surface area contributed by atoms with E-state index in [1.54, 1.807) is 24.1 Å². The maximum absolute atomic E-state index is 13.0. The Morgan fingerprint density at radius 2 is 1.77 bits per heavy atom. The van der Waals surface area contributed by atoms with Crippen LogP contribution in [0.3, 0.4) is 0 Å². The number of aromatic nitrogens is 4. The van der Waals surface area contributed by atoms with Crippen LogP contribution < -0.4 is 9.80 Å². The number of aryl methyl sites for hydroxylation is 5. The van der Waals surface area contributed by atoms with Crippen LogP contribution in [0.1, 0.15) is 29.6 Å². The van der Waals surface area contributed by atoms with Gasteiger partial charge in [0, 0.05) is 33.3 Å². The van der Waals surface area contributed by atoms with E-state index >= 15 is 0 Å². The van der Waals surface area contributed by atoms with Gasteiger partial charge in [-0.2, -0.15) is 5.10 Å². The Hall–Kier alpha value is -3.29. The predicted molar refractivity (Wildman–Crippen MR) is 118 cm³/mol. The molecule has 0 fully saturated rings. The van der Waals surface area contributed by atoms with Crippen molar-refractivity contribution in [2.24, 2.45) is 0 Å². The molecule has 0 bridgehead atoms. The smallest absolute Gasteiger partial charge is 0.249 e. The normalized spacial score (nSPS) is 16.0. The molecule has 0 unspecified atom stereocenters. The Morgan fingerprint density at radius 3 is 2.52 bits per heavy atom. The minimum absolute atomic E-state index is 0.0440. The summed E-state index contributed by atoms with van der Waals surface area (Å²) in [6.45, 7) is 4.55. The van der Waals surface area contributed by atoms with Crippen LogP contribution in [0.25, 0.3) is 0 Å². The van der Waals surface area contributed by atoms with Gasteiger partial charge < -0.3 is 9.80 Å². The first-order chi connectivity index (χ1) is 14.8. The fourth-order valence-corrected chi connectivity index (χ4v) is 3.91. The second-order valence-electron chi connectivity index (χ2n) is 8.07. The summed E-state index contributed by atoms with van der Waals surface area (Å²) in [6, 6.07) is 6.32. The van der Waals surface area contributed by atoms with Crippen LogP contribution in [0.4, 0.5) is 15.9 Å². The van der Waals surface area contributed by atoms with Crippen LogP contribution in [0.5, 0.6) is 0 Å². The number of rotatable bonds is 6. The molecule has 1 aliphatic heterocycles. The number of anilines is 2. The number of benzene rings is 1. The van der Waals surface area contributed by atoms with E-state index in [2.05, 4.69) is 10.1 Å². The Labute approximate surface area is 181 Å². The first-order valence-electron chi connectivity index (χ1n) is 10.5. The number of hydrogen-bond acceptors (Lipinski definition) is 5. The van der Waals surface area contributed by atoms with Crippen molar-refractivity contribution in [1.82, 2.24) is 19.7 Å². The van der Waals surface area contributed by atoms with Crippen LogP contribution in [0.15, 0.2) is 36.7 Å². The van der Waals surface area contributed by atoms with Gasteiger partial charge in [0.2, 0.25) is 5.91 Å². The molecule has 1 aromatic carbocycles. The summed E-state index contributed by atoms with van der Waals surface area (Å²) in [7, 11) is 3.68. The number of nitrogens with zero attached hydrogens (tertiary/aromatic N) is 6. The molecule has 0 spiro atoms. The van der Waals surface area contributed by atoms with Gasteiger partial charge in [-0.05, 0) is 49.9 Å². The highest BCUT2D eigenvalue weighted by molar-refractivity contribution is 6.04. The highest BCUT2D eigenvalue weighted by atomic mass is 19.1. The summed E-state index contributed by atoms with van der Waals surface area (Å²) in [5.41, 5.74) is 3.79. The molecule has 31 heavy (non-hydrogen) atoms. The van der Waals surface area contributed by atoms with E-state index < -0.39 is 0 Å². The largest absolute Gasteiger partial charge is 0.346 e. The number of likely N-dealkylation sites (N-methyl/N-ethyl adjacent to an activating group) is 2. The molecule has 1 atom stereocenters. The Morgan fingerprint density at radius 1 is 1.03 bits per heavy atom. The van der Waals surface area contributed by atoms with Crippen LogP contribution in [-0.2, 0) is 30.6 Å². The summed E-state index contributed by atoms with van der Waals surface area (Å²) >= 11 is 0. The molecule has 2 aromatic heterocycles. The minimum Gasteiger partial charge on any atom is -0.346 e. The zero-order valence-corrected chi connectivity index (χ0v) is 18.3. The lowest BCUT2D eigenvalue weighted by molar-refractivity contribution is -0.119. The standard InChI is InChI=1S/C23H27FN6O/c1-15-21-22(28(3)16(2)23(31)29(21)4)27-20(26-15)10-7-18-13-25-30(14-18)12-11-17-5-8-19(24)9-6-17/h5-6,8-9,13-14,16H,7,10-12H2,1-4H3/t16-/m0/s1. The fraction of sp³-hybridized carbons (Fsp3) is 0.391. The van der Waals surface area contributed by atoms with Gasteiger partial charge in [-0.25, -0.2) is 14.4 Å². The summed E-state index contributed by atoms with van der Waals surface area (Å²) in [6.07, 6.45) is 6.18. The van der Waals surface area contributed by atoms with Crippen LogP contribution in [0, 0.1) is 12.7 Å². The molecular formula is C23H27FN6O. The minimum atomic E-state index is -0.251. The molecule has 3 heterocycles. The second-order valence-corrected chi connectivity index (χ2v) is 8.07. The summed E-state index contributed by atoms with van der Waals surface area (Å²) in [4.78, 5) is 25.4. The number of carbonyl (C=O) groups excluding carboxylic acids is 1. The molecule has 0 saturated carbocycles. The lowest BCUT2D eigenvalue weighted by Gasteiger charge is -2.37. The van der Waals surface area contributed by atoms with E-state index in [-0.39, 0.29) is 17.8 Å². The molecule has 1 aliphatic rings. The van der Waals surface area contributed by atoms with Crippen molar-refractivity contribution < 1.29 is 9.18 Å². The highest BCUT2D eigenvalue weighted by Crippen LogP contribution is 2.34. The van der Waals surface area contributed by atoms with Gasteiger partial charge >= 0.3 is 0 Å². The van der Waals surface area contributed by atoms with Gasteiger partial charge in [-0.15, -0.1) is 0 Å². The monoisotopic (exact) mass is 422 g/mol. The number of halogens is 1. The van der Waals surface area contributed by atoms with Crippen LogP contribution in [0.2, 0.25) is 0 Å². The van der Waals surface area contributed by atoms with Crippen LogP contribution >= 0.6 is 0 Å². The number of carbonyl (C=O) groups is 1. The van der Waals surface area contributed by atoms with Gasteiger partial charge in [0.1, 0.15) is 23.4 Å². The first-order valence-corrected chi connectivity index (χ1v) is 10.5. The summed E-state index contributed by atoms with van der Waals surface area (Å²) in [5, 5.41) is 4.44. The van der Waals surface area contributed by atoms with E-state index in [1.807, 2.05) is 42.9 Å². The summed E-state index contributed by atoms with van der Waals surface area (Å²) in [5.74, 6) is 1.38. The van der Waals surface area contributed by atoms with Crippen molar-refractivity contribution in [2.45, 2.75) is 45.7 Å². The Bertz CT molecular complexity index is 1090. The van der Waals surface area contributed by atoms with Crippen LogP contribution in [-0.4, -0.2) is 45.8 Å². The molecule has 0 radical (unpaired) electrons. The van der Waals surface area contributed by atoms with Gasteiger partial charge in [0.15, 0.2) is 5.82 Å². The lowest BCUT2D eigenvalue weighted by atomic mass is 10.1. The van der Waals surface area contributed by atoms with Gasteiger partial charge in [0.05, 0.1) is 11.9 Å². The maximum Gasteiger partial charge on any atom is 0.249 e. The zero-order valence-electron chi connectivity index (χ0n) is 18.3. The van der Waals surface area contributed by atoms with Crippen molar-refractivity contribution in [2.75, 3.05) is 23.9 Å². The Balaban J connectivity index is 1.41. The molecule has 0 saturated heterocycles. The number of hydrogen-bond donors (Lipinski definition) is 0. The maximum atomic E-state index is 13.0. The third-order valence-corrected chi connectivity index (χ3v) is 5.89. The third-order valence-electron chi connectivity index (χ3n) is 5.89. The number of fused-ring (bicyclic) bond motifs is 1. The van der Waals surface area contributed by atoms with Crippen molar-refractivity contribution in [3.05, 3.63) is 65.1 Å². The topological polar surface area (TPSA) is 67.2 Å². The van der Waals surface area contributed by atoms with E-state index in [0.717, 1.165) is 53.5 Å². The lowest BCUT2D eigenvalue weighted by Crippen LogP contribution is -2.50. The SMILES string of the molecule is Cc1nc(CCc2cnn(CCc3ccc(F)cc3)c2)nc2c1N(C)C(=O)[C@H](C)N2C. The average Bonchev–Trinajstić information content (AvgIpc) is 3.22. The van der Waals surface area contributed by atoms with Gasteiger partial charge in [-0.3, -0.25) is 9.48 Å². The molecular weight excluding hydrogens is 395 g/mol. The third kappa shape index (κ3) is 4.28. The molecule has 162 valence electrons. The van der Waals surface area contributed by atoms with Crippen molar-refractivity contribution in [1.29, 1.82) is 0 Å². The van der Waals surface area contributed by atoms with E-state index in [1.165, 1.54) is 12.1 Å². The molecule has 1 amide bonds. The fourth-order valence-electron chi connectivity index (χ4n) is 3.91. The number of amides is 1. The Kier molecular flexibility index (Phi) is 5.71. The molecule has 0 aliphatic carbocycles. The highest BCUT2D eigenvalue weighted by Gasteiger charge is 2.34. The molecule has 7 nitrogen and oxygen atoms in total. The quantitative estimate of drug-likeness (QED) is 0.611. The van der Waals surface area contributed by atoms with E-state index in [4.69, 9.17) is 4.98 Å². The predicted octanol–water partition coefficient (Wildman–Crippen LogP) is 2.95. The van der Waals surface area contributed by atoms with E-state index in [9.17, 15) is 9.18 Å². The molecule has 3 aromatic rings.